The molecule has 3 aromatic rings. The molecule has 0 saturated carbocycles. The number of ketones is 1. The lowest BCUT2D eigenvalue weighted by atomic mass is 9.99. The number of halogens is 2. The standard InChI is InChI=1S/C20H24Cl2N4O2S/c1-11(2)15-9-17(23-20-18(15)12(3)24-25(20)4)26(5-6-27)10-13(28)7-14-8-16(21)19(22)29-14/h8-9,11,27H,5-7,10H2,1-4H3. The highest BCUT2D eigenvalue weighted by Crippen LogP contribution is 2.33. The first-order valence-corrected chi connectivity index (χ1v) is 10.9. The zero-order chi connectivity index (χ0) is 21.3. The van der Waals surface area contributed by atoms with Crippen molar-refractivity contribution >= 4 is 57.2 Å². The Morgan fingerprint density at radius 3 is 2.66 bits per heavy atom. The van der Waals surface area contributed by atoms with Crippen LogP contribution in [0, 0.1) is 6.92 Å². The van der Waals surface area contributed by atoms with Gasteiger partial charge >= 0.3 is 0 Å². The van der Waals surface area contributed by atoms with Gasteiger partial charge in [0.2, 0.25) is 0 Å². The van der Waals surface area contributed by atoms with Gasteiger partial charge in [-0.2, -0.15) is 5.10 Å². The molecule has 1 N–H and O–H groups in total. The lowest BCUT2D eigenvalue weighted by Crippen LogP contribution is -2.34. The van der Waals surface area contributed by atoms with Crippen LogP contribution in [-0.2, 0) is 18.3 Å². The number of carbonyl (C=O) groups is 1. The van der Waals surface area contributed by atoms with Gasteiger partial charge in [-0.25, -0.2) is 4.98 Å². The molecule has 0 amide bonds. The number of aryl methyl sites for hydroxylation is 2. The molecule has 9 heteroatoms. The van der Waals surface area contributed by atoms with Crippen molar-refractivity contribution in [1.29, 1.82) is 0 Å². The Hall–Kier alpha value is -1.67. The maximum atomic E-state index is 12.7. The lowest BCUT2D eigenvalue weighted by molar-refractivity contribution is -0.117. The molecule has 3 rings (SSSR count). The topological polar surface area (TPSA) is 71.2 Å². The van der Waals surface area contributed by atoms with Gasteiger partial charge in [0, 0.05) is 30.3 Å². The van der Waals surface area contributed by atoms with E-state index in [9.17, 15) is 9.90 Å². The summed E-state index contributed by atoms with van der Waals surface area (Å²) in [7, 11) is 1.86. The van der Waals surface area contributed by atoms with Crippen LogP contribution in [0.1, 0.15) is 35.9 Å². The van der Waals surface area contributed by atoms with Crippen molar-refractivity contribution in [3.05, 3.63) is 37.6 Å². The number of aromatic nitrogens is 3. The number of nitrogens with zero attached hydrogens (tertiary/aromatic N) is 4. The van der Waals surface area contributed by atoms with Crippen LogP contribution in [0.3, 0.4) is 0 Å². The smallest absolute Gasteiger partial charge is 0.160 e. The van der Waals surface area contributed by atoms with Crippen LogP contribution in [0.25, 0.3) is 11.0 Å². The van der Waals surface area contributed by atoms with E-state index in [0.717, 1.165) is 27.2 Å². The quantitative estimate of drug-likeness (QED) is 0.546. The molecule has 0 unspecified atom stereocenters. The molecule has 0 aliphatic rings. The minimum Gasteiger partial charge on any atom is -0.395 e. The number of aliphatic hydroxyl groups is 1. The molecule has 3 heterocycles. The molecule has 0 saturated heterocycles. The molecule has 156 valence electrons. The molecular weight excluding hydrogens is 431 g/mol. The summed E-state index contributed by atoms with van der Waals surface area (Å²) in [5.41, 5.74) is 2.83. The Labute approximate surface area is 184 Å². The van der Waals surface area contributed by atoms with Crippen LogP contribution in [0.5, 0.6) is 0 Å². The summed E-state index contributed by atoms with van der Waals surface area (Å²) in [5, 5.41) is 15.6. The molecule has 0 bridgehead atoms. The Morgan fingerprint density at radius 1 is 1.34 bits per heavy atom. The zero-order valence-corrected chi connectivity index (χ0v) is 19.2. The molecule has 29 heavy (non-hydrogen) atoms. The van der Waals surface area contributed by atoms with Gasteiger partial charge in [0.25, 0.3) is 0 Å². The van der Waals surface area contributed by atoms with Crippen LogP contribution in [0.2, 0.25) is 9.36 Å². The summed E-state index contributed by atoms with van der Waals surface area (Å²) in [6.07, 6.45) is 0.239. The van der Waals surface area contributed by atoms with Crippen molar-refractivity contribution in [2.75, 3.05) is 24.6 Å². The Kier molecular flexibility index (Phi) is 6.83. The Morgan fingerprint density at radius 2 is 2.07 bits per heavy atom. The van der Waals surface area contributed by atoms with Crippen molar-refractivity contribution in [3.63, 3.8) is 0 Å². The molecule has 6 nitrogen and oxygen atoms in total. The van der Waals surface area contributed by atoms with Crippen molar-refractivity contribution in [2.45, 2.75) is 33.1 Å². The van der Waals surface area contributed by atoms with Gasteiger partial charge < -0.3 is 10.0 Å². The predicted molar refractivity (Wildman–Crippen MR) is 120 cm³/mol. The average molecular weight is 455 g/mol. The third-order valence-electron chi connectivity index (χ3n) is 4.74. The summed E-state index contributed by atoms with van der Waals surface area (Å²) >= 11 is 13.3. The number of carbonyl (C=O) groups excluding carboxylic acids is 1. The van der Waals surface area contributed by atoms with Crippen molar-refractivity contribution in [1.82, 2.24) is 14.8 Å². The van der Waals surface area contributed by atoms with Crippen LogP contribution in [-0.4, -0.2) is 45.4 Å². The van der Waals surface area contributed by atoms with Crippen molar-refractivity contribution in [3.8, 4) is 0 Å². The number of rotatable bonds is 8. The number of thiophene rings is 1. The maximum Gasteiger partial charge on any atom is 0.160 e. The highest BCUT2D eigenvalue weighted by Gasteiger charge is 2.20. The van der Waals surface area contributed by atoms with Crippen LogP contribution in [0.15, 0.2) is 12.1 Å². The van der Waals surface area contributed by atoms with E-state index in [2.05, 4.69) is 18.9 Å². The van der Waals surface area contributed by atoms with E-state index < -0.39 is 0 Å². The second-order valence-electron chi connectivity index (χ2n) is 7.33. The van der Waals surface area contributed by atoms with Crippen LogP contribution in [0.4, 0.5) is 5.82 Å². The van der Waals surface area contributed by atoms with E-state index in [1.165, 1.54) is 11.3 Å². The zero-order valence-electron chi connectivity index (χ0n) is 16.9. The summed E-state index contributed by atoms with van der Waals surface area (Å²) in [6, 6.07) is 3.73. The number of anilines is 1. The van der Waals surface area contributed by atoms with E-state index in [-0.39, 0.29) is 31.3 Å². The molecular formula is C20H24Cl2N4O2S. The fourth-order valence-corrected chi connectivity index (χ4v) is 4.88. The monoisotopic (exact) mass is 454 g/mol. The number of fused-ring (bicyclic) bond motifs is 1. The van der Waals surface area contributed by atoms with Crippen molar-refractivity contribution < 1.29 is 9.90 Å². The highest BCUT2D eigenvalue weighted by atomic mass is 35.5. The summed E-state index contributed by atoms with van der Waals surface area (Å²) in [5.74, 6) is 0.931. The largest absolute Gasteiger partial charge is 0.395 e. The molecule has 0 spiro atoms. The second-order valence-corrected chi connectivity index (χ2v) is 9.47. The van der Waals surface area contributed by atoms with Gasteiger partial charge in [0.1, 0.15) is 10.2 Å². The number of hydrogen-bond donors (Lipinski definition) is 1. The van der Waals surface area contributed by atoms with Crippen LogP contribution < -0.4 is 4.90 Å². The van der Waals surface area contributed by atoms with E-state index >= 15 is 0 Å². The van der Waals surface area contributed by atoms with Gasteiger partial charge in [0.05, 0.1) is 23.9 Å². The van der Waals surface area contributed by atoms with E-state index in [1.807, 2.05) is 24.9 Å². The van der Waals surface area contributed by atoms with Gasteiger partial charge in [-0.3, -0.25) is 9.48 Å². The number of Topliss-reactive ketones (excluding diaryl/α,β-unsaturated/α-hetero) is 1. The highest BCUT2D eigenvalue weighted by molar-refractivity contribution is 7.17. The van der Waals surface area contributed by atoms with E-state index in [0.29, 0.717) is 21.7 Å². The third-order valence-corrected chi connectivity index (χ3v) is 6.60. The summed E-state index contributed by atoms with van der Waals surface area (Å²) < 4.78 is 2.25. The van der Waals surface area contributed by atoms with E-state index in [1.54, 1.807) is 10.7 Å². The first-order valence-electron chi connectivity index (χ1n) is 9.36. The first-order chi connectivity index (χ1) is 13.7. The predicted octanol–water partition coefficient (Wildman–Crippen LogP) is 4.38. The lowest BCUT2D eigenvalue weighted by Gasteiger charge is -2.23. The Bertz CT molecular complexity index is 1030. The Balaban J connectivity index is 1.92. The molecule has 3 aromatic heterocycles. The molecule has 0 radical (unpaired) electrons. The van der Waals surface area contributed by atoms with Crippen molar-refractivity contribution in [2.24, 2.45) is 7.05 Å². The van der Waals surface area contributed by atoms with Gasteiger partial charge in [0.15, 0.2) is 11.4 Å². The maximum absolute atomic E-state index is 12.7. The van der Waals surface area contributed by atoms with E-state index in [4.69, 9.17) is 28.2 Å². The number of pyridine rings is 1. The molecule has 0 atom stereocenters. The molecule has 0 aliphatic heterocycles. The van der Waals surface area contributed by atoms with Crippen LogP contribution >= 0.6 is 34.5 Å². The second kappa shape index (κ2) is 9.00. The fraction of sp³-hybridized carbons (Fsp3) is 0.450. The molecule has 0 aromatic carbocycles. The average Bonchev–Trinajstić information content (AvgIpc) is 3.11. The van der Waals surface area contributed by atoms with Gasteiger partial charge in [-0.1, -0.05) is 37.0 Å². The minimum absolute atomic E-state index is 0.00205. The first kappa shape index (κ1) is 22.0. The minimum atomic E-state index is -0.0783. The molecule has 0 aliphatic carbocycles. The molecule has 0 fully saturated rings. The third kappa shape index (κ3) is 4.74. The number of aliphatic hydroxyl groups excluding tert-OH is 1. The normalized spacial score (nSPS) is 11.6. The fourth-order valence-electron chi connectivity index (χ4n) is 3.42. The van der Waals surface area contributed by atoms with Gasteiger partial charge in [-0.15, -0.1) is 11.3 Å². The SMILES string of the molecule is Cc1nn(C)c2nc(N(CCO)CC(=O)Cc3cc(Cl)c(Cl)s3)cc(C(C)C)c12. The summed E-state index contributed by atoms with van der Waals surface area (Å²) in [6.45, 7) is 6.59. The number of hydrogen-bond acceptors (Lipinski definition) is 6. The summed E-state index contributed by atoms with van der Waals surface area (Å²) in [4.78, 5) is 20.1. The van der Waals surface area contributed by atoms with Gasteiger partial charge in [-0.05, 0) is 30.5 Å².